The Morgan fingerprint density at radius 2 is 2.06 bits per heavy atom. The molecule has 0 saturated carbocycles. The van der Waals surface area contributed by atoms with E-state index in [0.29, 0.717) is 0 Å². The van der Waals surface area contributed by atoms with Gasteiger partial charge in [-0.15, -0.1) is 0 Å². The Kier molecular flexibility index (Phi) is 4.84. The molecular weight excluding hydrogens is 259 g/mol. The summed E-state index contributed by atoms with van der Waals surface area (Å²) >= 11 is 0. The van der Waals surface area contributed by atoms with Crippen molar-refractivity contribution in [2.75, 3.05) is 18.1 Å². The Bertz CT molecular complexity index is 537. The number of hydrogen-bond acceptors (Lipinski definition) is 4. The minimum atomic E-state index is -3.13. The van der Waals surface area contributed by atoms with Gasteiger partial charge in [-0.25, -0.2) is 12.8 Å². The Morgan fingerprint density at radius 1 is 1.39 bits per heavy atom. The van der Waals surface area contributed by atoms with Gasteiger partial charge in [0.2, 0.25) is 0 Å². The van der Waals surface area contributed by atoms with Gasteiger partial charge in [0.25, 0.3) is 0 Å². The second-order valence-electron chi connectivity index (χ2n) is 3.79. The SMILES string of the molecule is CCS(=O)(=O)CCOc1ccc(C(C)=O)cc1F. The molecule has 0 spiro atoms. The monoisotopic (exact) mass is 274 g/mol. The molecule has 1 rings (SSSR count). The molecule has 0 aromatic heterocycles. The molecule has 0 N–H and O–H groups in total. The van der Waals surface area contributed by atoms with Crippen molar-refractivity contribution in [3.63, 3.8) is 0 Å². The van der Waals surface area contributed by atoms with Gasteiger partial charge in [-0.2, -0.15) is 0 Å². The van der Waals surface area contributed by atoms with Crippen LogP contribution < -0.4 is 4.74 Å². The van der Waals surface area contributed by atoms with Gasteiger partial charge in [-0.3, -0.25) is 4.79 Å². The van der Waals surface area contributed by atoms with Crippen LogP contribution in [0.3, 0.4) is 0 Å². The van der Waals surface area contributed by atoms with Crippen LogP contribution in [0.25, 0.3) is 0 Å². The molecule has 0 radical (unpaired) electrons. The number of ether oxygens (including phenoxy) is 1. The second kappa shape index (κ2) is 5.95. The van der Waals surface area contributed by atoms with Gasteiger partial charge in [0.15, 0.2) is 27.2 Å². The molecular formula is C12H15FO4S. The summed E-state index contributed by atoms with van der Waals surface area (Å²) in [6, 6.07) is 3.84. The molecule has 0 aliphatic heterocycles. The summed E-state index contributed by atoms with van der Waals surface area (Å²) in [5.41, 5.74) is 0.251. The van der Waals surface area contributed by atoms with E-state index in [4.69, 9.17) is 4.74 Å². The van der Waals surface area contributed by atoms with Gasteiger partial charge in [0.1, 0.15) is 6.61 Å². The Hall–Kier alpha value is -1.43. The number of halogens is 1. The van der Waals surface area contributed by atoms with Gasteiger partial charge >= 0.3 is 0 Å². The van der Waals surface area contributed by atoms with E-state index in [9.17, 15) is 17.6 Å². The van der Waals surface area contributed by atoms with Crippen LogP contribution >= 0.6 is 0 Å². The summed E-state index contributed by atoms with van der Waals surface area (Å²) in [5.74, 6) is -1.09. The van der Waals surface area contributed by atoms with Crippen molar-refractivity contribution in [2.45, 2.75) is 13.8 Å². The van der Waals surface area contributed by atoms with Crippen LogP contribution in [0.2, 0.25) is 0 Å². The first kappa shape index (κ1) is 14.6. The summed E-state index contributed by atoms with van der Waals surface area (Å²) in [7, 11) is -3.13. The number of rotatable bonds is 6. The third kappa shape index (κ3) is 4.10. The Morgan fingerprint density at radius 3 is 2.56 bits per heavy atom. The average Bonchev–Trinajstić information content (AvgIpc) is 2.31. The highest BCUT2D eigenvalue weighted by Gasteiger charge is 2.10. The van der Waals surface area contributed by atoms with Crippen LogP contribution in [0.1, 0.15) is 24.2 Å². The molecule has 1 aromatic rings. The van der Waals surface area contributed by atoms with E-state index in [0.717, 1.165) is 6.07 Å². The van der Waals surface area contributed by atoms with Gasteiger partial charge in [-0.05, 0) is 25.1 Å². The molecule has 0 fully saturated rings. The first-order valence-electron chi connectivity index (χ1n) is 5.49. The van der Waals surface area contributed by atoms with E-state index in [2.05, 4.69) is 0 Å². The number of Topliss-reactive ketones (excluding diaryl/α,β-unsaturated/α-hetero) is 1. The van der Waals surface area contributed by atoms with E-state index < -0.39 is 15.7 Å². The van der Waals surface area contributed by atoms with Gasteiger partial charge in [0, 0.05) is 11.3 Å². The maximum Gasteiger partial charge on any atom is 0.165 e. The van der Waals surface area contributed by atoms with Crippen molar-refractivity contribution in [2.24, 2.45) is 0 Å². The van der Waals surface area contributed by atoms with E-state index in [-0.39, 0.29) is 35.2 Å². The van der Waals surface area contributed by atoms with Crippen LogP contribution in [0, 0.1) is 5.82 Å². The van der Waals surface area contributed by atoms with Gasteiger partial charge in [0.05, 0.1) is 5.75 Å². The van der Waals surface area contributed by atoms with E-state index >= 15 is 0 Å². The summed E-state index contributed by atoms with van der Waals surface area (Å²) in [6.45, 7) is 2.77. The van der Waals surface area contributed by atoms with Crippen LogP contribution in [-0.2, 0) is 9.84 Å². The highest BCUT2D eigenvalue weighted by molar-refractivity contribution is 7.91. The van der Waals surface area contributed by atoms with Gasteiger partial charge < -0.3 is 4.74 Å². The Labute approximate surface area is 106 Å². The lowest BCUT2D eigenvalue weighted by Crippen LogP contribution is -2.16. The molecule has 6 heteroatoms. The zero-order valence-electron chi connectivity index (χ0n) is 10.3. The standard InChI is InChI=1S/C12H15FO4S/c1-3-18(15,16)7-6-17-12-5-4-10(9(2)14)8-11(12)13/h4-5,8H,3,6-7H2,1-2H3. The molecule has 4 nitrogen and oxygen atoms in total. The molecule has 0 unspecified atom stereocenters. The summed E-state index contributed by atoms with van der Waals surface area (Å²) < 4.78 is 40.9. The first-order chi connectivity index (χ1) is 8.35. The molecule has 0 aliphatic rings. The molecule has 18 heavy (non-hydrogen) atoms. The number of benzene rings is 1. The maximum absolute atomic E-state index is 13.5. The second-order valence-corrected chi connectivity index (χ2v) is 6.26. The fraction of sp³-hybridized carbons (Fsp3) is 0.417. The van der Waals surface area contributed by atoms with E-state index in [1.807, 2.05) is 0 Å². The summed E-state index contributed by atoms with van der Waals surface area (Å²) in [5, 5.41) is 0. The van der Waals surface area contributed by atoms with Crippen LogP contribution in [0.4, 0.5) is 4.39 Å². The minimum Gasteiger partial charge on any atom is -0.489 e. The highest BCUT2D eigenvalue weighted by atomic mass is 32.2. The number of carbonyl (C=O) groups is 1. The smallest absolute Gasteiger partial charge is 0.165 e. The molecule has 0 aliphatic carbocycles. The number of carbonyl (C=O) groups excluding carboxylic acids is 1. The van der Waals surface area contributed by atoms with Crippen LogP contribution in [0.5, 0.6) is 5.75 Å². The lowest BCUT2D eigenvalue weighted by atomic mass is 10.1. The Balaban J connectivity index is 2.67. The third-order valence-corrected chi connectivity index (χ3v) is 4.10. The molecule has 1 aromatic carbocycles. The zero-order valence-corrected chi connectivity index (χ0v) is 11.1. The largest absolute Gasteiger partial charge is 0.489 e. The molecule has 0 atom stereocenters. The van der Waals surface area contributed by atoms with Crippen molar-refractivity contribution in [3.05, 3.63) is 29.6 Å². The normalized spacial score (nSPS) is 11.3. The number of ketones is 1. The predicted octanol–water partition coefficient (Wildman–Crippen LogP) is 1.84. The van der Waals surface area contributed by atoms with Crippen molar-refractivity contribution < 1.29 is 22.3 Å². The summed E-state index contributed by atoms with van der Waals surface area (Å²) in [4.78, 5) is 11.0. The fourth-order valence-electron chi connectivity index (χ4n) is 1.26. The third-order valence-electron chi connectivity index (χ3n) is 2.43. The number of hydrogen-bond donors (Lipinski definition) is 0. The maximum atomic E-state index is 13.5. The topological polar surface area (TPSA) is 60.4 Å². The average molecular weight is 274 g/mol. The molecule has 0 bridgehead atoms. The molecule has 0 saturated heterocycles. The van der Waals surface area contributed by atoms with Crippen molar-refractivity contribution >= 4 is 15.6 Å². The molecule has 0 heterocycles. The van der Waals surface area contributed by atoms with Crippen molar-refractivity contribution in [1.29, 1.82) is 0 Å². The van der Waals surface area contributed by atoms with E-state index in [1.165, 1.54) is 26.0 Å². The first-order valence-corrected chi connectivity index (χ1v) is 7.31. The molecule has 0 amide bonds. The van der Waals surface area contributed by atoms with E-state index in [1.54, 1.807) is 0 Å². The van der Waals surface area contributed by atoms with Crippen molar-refractivity contribution in [1.82, 2.24) is 0 Å². The van der Waals surface area contributed by atoms with Crippen molar-refractivity contribution in [3.8, 4) is 5.75 Å². The fourth-order valence-corrected chi connectivity index (χ4v) is 1.89. The van der Waals surface area contributed by atoms with Crippen LogP contribution in [-0.4, -0.2) is 32.3 Å². The minimum absolute atomic E-state index is 0.0299. The number of sulfone groups is 1. The lowest BCUT2D eigenvalue weighted by molar-refractivity contribution is 0.101. The highest BCUT2D eigenvalue weighted by Crippen LogP contribution is 2.18. The van der Waals surface area contributed by atoms with Gasteiger partial charge in [-0.1, -0.05) is 6.92 Å². The quantitative estimate of drug-likeness (QED) is 0.743. The lowest BCUT2D eigenvalue weighted by Gasteiger charge is -2.07. The zero-order chi connectivity index (χ0) is 13.8. The van der Waals surface area contributed by atoms with Crippen LogP contribution in [0.15, 0.2) is 18.2 Å². The molecule has 100 valence electrons. The predicted molar refractivity (Wildman–Crippen MR) is 66.2 cm³/mol. The summed E-state index contributed by atoms with van der Waals surface area (Å²) in [6.07, 6.45) is 0.